The maximum absolute atomic E-state index is 5.87. The van der Waals surface area contributed by atoms with Crippen molar-refractivity contribution in [2.24, 2.45) is 0 Å². The monoisotopic (exact) mass is 339 g/mol. The van der Waals surface area contributed by atoms with E-state index in [0.29, 0.717) is 5.13 Å². The van der Waals surface area contributed by atoms with Gasteiger partial charge in [0.05, 0.1) is 23.4 Å². The van der Waals surface area contributed by atoms with Gasteiger partial charge in [0, 0.05) is 19.6 Å². The Morgan fingerprint density at radius 1 is 1.17 bits per heavy atom. The summed E-state index contributed by atoms with van der Waals surface area (Å²) in [6, 6.07) is 13.2. The molecule has 1 aliphatic rings. The third-order valence-electron chi connectivity index (χ3n) is 4.47. The fraction of sp³-hybridized carbons (Fsp3) is 0.316. The molecule has 1 aromatic heterocycles. The van der Waals surface area contributed by atoms with E-state index in [4.69, 9.17) is 10.5 Å². The van der Waals surface area contributed by atoms with E-state index in [9.17, 15) is 0 Å². The van der Waals surface area contributed by atoms with Crippen molar-refractivity contribution >= 4 is 26.7 Å². The van der Waals surface area contributed by atoms with Crippen LogP contribution < -0.4 is 5.73 Å². The van der Waals surface area contributed by atoms with Gasteiger partial charge in [0.25, 0.3) is 0 Å². The van der Waals surface area contributed by atoms with Crippen LogP contribution in [0.2, 0.25) is 0 Å². The molecule has 24 heavy (non-hydrogen) atoms. The molecule has 0 saturated carbocycles. The molecular weight excluding hydrogens is 318 g/mol. The molecule has 0 radical (unpaired) electrons. The number of anilines is 1. The fourth-order valence-electron chi connectivity index (χ4n) is 3.25. The number of benzene rings is 2. The van der Waals surface area contributed by atoms with E-state index in [1.807, 2.05) is 0 Å². The predicted octanol–water partition coefficient (Wildman–Crippen LogP) is 3.69. The smallest absolute Gasteiger partial charge is 0.181 e. The molecule has 4 nitrogen and oxygen atoms in total. The first-order chi connectivity index (χ1) is 11.7. The number of hydrogen-bond donors (Lipinski definition) is 1. The van der Waals surface area contributed by atoms with Gasteiger partial charge in [0.1, 0.15) is 0 Å². The van der Waals surface area contributed by atoms with Gasteiger partial charge in [-0.05, 0) is 47.4 Å². The average molecular weight is 339 g/mol. The summed E-state index contributed by atoms with van der Waals surface area (Å²) in [4.78, 5) is 6.87. The first-order valence-electron chi connectivity index (χ1n) is 8.25. The van der Waals surface area contributed by atoms with Gasteiger partial charge in [0.15, 0.2) is 5.13 Å². The molecule has 0 spiro atoms. The summed E-state index contributed by atoms with van der Waals surface area (Å²) >= 11 is 1.55. The second-order valence-electron chi connectivity index (χ2n) is 6.28. The minimum atomic E-state index is 0.631. The Labute approximate surface area is 145 Å². The van der Waals surface area contributed by atoms with E-state index in [1.54, 1.807) is 11.3 Å². The Morgan fingerprint density at radius 2 is 2.00 bits per heavy atom. The minimum Gasteiger partial charge on any atom is -0.379 e. The molecular formula is C19H21N3OS. The highest BCUT2D eigenvalue weighted by molar-refractivity contribution is 7.22. The van der Waals surface area contributed by atoms with E-state index in [2.05, 4.69) is 53.2 Å². The fourth-order valence-corrected chi connectivity index (χ4v) is 4.10. The van der Waals surface area contributed by atoms with Crippen LogP contribution in [0, 0.1) is 6.92 Å². The molecule has 3 aromatic rings. The van der Waals surface area contributed by atoms with Gasteiger partial charge in [-0.15, -0.1) is 0 Å². The number of morpholine rings is 1. The molecule has 124 valence electrons. The quantitative estimate of drug-likeness (QED) is 0.791. The van der Waals surface area contributed by atoms with Crippen molar-refractivity contribution in [3.05, 3.63) is 47.5 Å². The number of aryl methyl sites for hydroxylation is 1. The molecule has 0 atom stereocenters. The Hall–Kier alpha value is -1.95. The number of fused-ring (bicyclic) bond motifs is 1. The SMILES string of the molecule is Cc1cc(-c2cccc(CN3CCOCC3)c2)cc2sc(N)nc12. The highest BCUT2D eigenvalue weighted by atomic mass is 32.1. The van der Waals surface area contributed by atoms with Crippen LogP contribution in [0.1, 0.15) is 11.1 Å². The summed E-state index contributed by atoms with van der Waals surface area (Å²) in [5, 5.41) is 0.631. The van der Waals surface area contributed by atoms with E-state index in [1.165, 1.54) is 22.3 Å². The first kappa shape index (κ1) is 15.6. The zero-order valence-electron chi connectivity index (χ0n) is 13.8. The third kappa shape index (κ3) is 3.15. The number of ether oxygens (including phenoxy) is 1. The molecule has 2 heterocycles. The average Bonchev–Trinajstić information content (AvgIpc) is 2.97. The lowest BCUT2D eigenvalue weighted by Crippen LogP contribution is -2.35. The highest BCUT2D eigenvalue weighted by Crippen LogP contribution is 2.32. The van der Waals surface area contributed by atoms with Gasteiger partial charge in [-0.2, -0.15) is 0 Å². The number of rotatable bonds is 3. The number of thiazole rings is 1. The maximum Gasteiger partial charge on any atom is 0.181 e. The van der Waals surface area contributed by atoms with Gasteiger partial charge in [-0.3, -0.25) is 4.90 Å². The van der Waals surface area contributed by atoms with Crippen molar-refractivity contribution in [2.45, 2.75) is 13.5 Å². The molecule has 2 aromatic carbocycles. The predicted molar refractivity (Wildman–Crippen MR) is 100 cm³/mol. The van der Waals surface area contributed by atoms with Crippen LogP contribution in [0.4, 0.5) is 5.13 Å². The summed E-state index contributed by atoms with van der Waals surface area (Å²) in [6.07, 6.45) is 0. The van der Waals surface area contributed by atoms with Crippen molar-refractivity contribution in [1.82, 2.24) is 9.88 Å². The Kier molecular flexibility index (Phi) is 4.22. The molecule has 0 amide bonds. The standard InChI is InChI=1S/C19H21N3OS/c1-13-9-16(11-17-18(13)21-19(20)24-17)15-4-2-3-14(10-15)12-22-5-7-23-8-6-22/h2-4,9-11H,5-8,12H2,1H3,(H2,20,21). The Bertz CT molecular complexity index is 868. The summed E-state index contributed by atoms with van der Waals surface area (Å²) in [5.74, 6) is 0. The first-order valence-corrected chi connectivity index (χ1v) is 9.07. The zero-order chi connectivity index (χ0) is 16.5. The van der Waals surface area contributed by atoms with Crippen LogP contribution in [-0.4, -0.2) is 36.2 Å². The van der Waals surface area contributed by atoms with E-state index in [-0.39, 0.29) is 0 Å². The van der Waals surface area contributed by atoms with Crippen LogP contribution >= 0.6 is 11.3 Å². The van der Waals surface area contributed by atoms with Gasteiger partial charge < -0.3 is 10.5 Å². The molecule has 4 rings (SSSR count). The number of nitrogen functional groups attached to an aromatic ring is 1. The lowest BCUT2D eigenvalue weighted by Gasteiger charge is -2.26. The summed E-state index contributed by atoms with van der Waals surface area (Å²) in [6.45, 7) is 6.77. The van der Waals surface area contributed by atoms with Gasteiger partial charge in [0.2, 0.25) is 0 Å². The minimum absolute atomic E-state index is 0.631. The Morgan fingerprint density at radius 3 is 2.83 bits per heavy atom. The highest BCUT2D eigenvalue weighted by Gasteiger charge is 2.12. The second kappa shape index (κ2) is 6.51. The van der Waals surface area contributed by atoms with Crippen molar-refractivity contribution in [3.63, 3.8) is 0 Å². The third-order valence-corrected chi connectivity index (χ3v) is 5.30. The largest absolute Gasteiger partial charge is 0.379 e. The number of nitrogens with two attached hydrogens (primary N) is 1. The topological polar surface area (TPSA) is 51.4 Å². The van der Waals surface area contributed by atoms with Crippen LogP contribution in [0.5, 0.6) is 0 Å². The molecule has 2 N–H and O–H groups in total. The van der Waals surface area contributed by atoms with Gasteiger partial charge >= 0.3 is 0 Å². The molecule has 1 fully saturated rings. The van der Waals surface area contributed by atoms with Crippen LogP contribution in [0.3, 0.4) is 0 Å². The van der Waals surface area contributed by atoms with Crippen LogP contribution in [0.25, 0.3) is 21.3 Å². The lowest BCUT2D eigenvalue weighted by atomic mass is 10.0. The van der Waals surface area contributed by atoms with Crippen molar-refractivity contribution in [3.8, 4) is 11.1 Å². The second-order valence-corrected chi connectivity index (χ2v) is 7.34. The summed E-state index contributed by atoms with van der Waals surface area (Å²) in [5.41, 5.74) is 11.9. The summed E-state index contributed by atoms with van der Waals surface area (Å²) < 4.78 is 6.58. The molecule has 0 unspecified atom stereocenters. The molecule has 5 heteroatoms. The maximum atomic E-state index is 5.87. The van der Waals surface area contributed by atoms with E-state index >= 15 is 0 Å². The van der Waals surface area contributed by atoms with Crippen molar-refractivity contribution in [1.29, 1.82) is 0 Å². The van der Waals surface area contributed by atoms with Crippen molar-refractivity contribution < 1.29 is 4.74 Å². The number of aromatic nitrogens is 1. The Balaban J connectivity index is 1.65. The van der Waals surface area contributed by atoms with E-state index in [0.717, 1.165) is 43.1 Å². The van der Waals surface area contributed by atoms with Crippen molar-refractivity contribution in [2.75, 3.05) is 32.0 Å². The molecule has 1 saturated heterocycles. The normalized spacial score (nSPS) is 15.9. The van der Waals surface area contributed by atoms with Crippen LogP contribution in [0.15, 0.2) is 36.4 Å². The zero-order valence-corrected chi connectivity index (χ0v) is 14.6. The lowest BCUT2D eigenvalue weighted by molar-refractivity contribution is 0.0342. The van der Waals surface area contributed by atoms with Gasteiger partial charge in [-0.25, -0.2) is 4.98 Å². The van der Waals surface area contributed by atoms with Gasteiger partial charge in [-0.1, -0.05) is 29.5 Å². The number of hydrogen-bond acceptors (Lipinski definition) is 5. The molecule has 1 aliphatic heterocycles. The number of nitrogens with zero attached hydrogens (tertiary/aromatic N) is 2. The van der Waals surface area contributed by atoms with E-state index < -0.39 is 0 Å². The molecule has 0 bridgehead atoms. The van der Waals surface area contributed by atoms with Crippen LogP contribution in [-0.2, 0) is 11.3 Å². The summed E-state index contributed by atoms with van der Waals surface area (Å²) in [7, 11) is 0. The molecule has 0 aliphatic carbocycles.